The fourth-order valence-corrected chi connectivity index (χ4v) is 4.41. The largest absolute Gasteiger partial charge is 0.252 e. The summed E-state index contributed by atoms with van der Waals surface area (Å²) in [5, 5.41) is 1.59. The summed E-state index contributed by atoms with van der Waals surface area (Å²) >= 11 is 3.10. The fourth-order valence-electron chi connectivity index (χ4n) is 2.12. The van der Waals surface area contributed by atoms with Gasteiger partial charge in [0.1, 0.15) is 0 Å². The molecule has 2 rings (SSSR count). The molecule has 0 atom stereocenters. The van der Waals surface area contributed by atoms with Crippen LogP contribution in [0.5, 0.6) is 0 Å². The number of sulfonamides is 1. The minimum Gasteiger partial charge on any atom is -0.209 e. The number of benzene rings is 2. The van der Waals surface area contributed by atoms with Crippen molar-refractivity contribution < 1.29 is 17.2 Å². The van der Waals surface area contributed by atoms with Crippen molar-refractivity contribution in [3.05, 3.63) is 42.5 Å². The molecule has 7 heteroatoms. The van der Waals surface area contributed by atoms with Crippen LogP contribution in [-0.4, -0.2) is 37.6 Å². The van der Waals surface area contributed by atoms with E-state index in [1.165, 1.54) is 6.07 Å². The summed E-state index contributed by atoms with van der Waals surface area (Å²) in [5.74, 6) is 0. The molecule has 0 aliphatic carbocycles. The Morgan fingerprint density at radius 3 is 2.43 bits per heavy atom. The first-order valence-electron chi connectivity index (χ1n) is 6.29. The third-order valence-corrected chi connectivity index (χ3v) is 5.32. The van der Waals surface area contributed by atoms with Crippen LogP contribution in [0.4, 0.5) is 8.78 Å². The molecule has 0 unspecified atom stereocenters. The van der Waals surface area contributed by atoms with Crippen molar-refractivity contribution in [3.8, 4) is 0 Å². The molecule has 0 aliphatic rings. The van der Waals surface area contributed by atoms with Crippen LogP contribution in [0.15, 0.2) is 47.4 Å². The lowest BCUT2D eigenvalue weighted by molar-refractivity contribution is 0.121. The van der Waals surface area contributed by atoms with E-state index >= 15 is 0 Å². The van der Waals surface area contributed by atoms with E-state index < -0.39 is 23.0 Å². The maximum Gasteiger partial charge on any atom is 0.252 e. The van der Waals surface area contributed by atoms with Crippen LogP contribution in [0, 0.1) is 0 Å². The fraction of sp³-hybridized carbons (Fsp3) is 0.286. The molecule has 114 valence electrons. The second-order valence-corrected chi connectivity index (χ2v) is 7.12. The van der Waals surface area contributed by atoms with Crippen molar-refractivity contribution in [2.45, 2.75) is 11.3 Å². The summed E-state index contributed by atoms with van der Waals surface area (Å²) in [4.78, 5) is 0.0576. The Bertz CT molecular complexity index is 716. The number of hydrogen-bond donors (Lipinski definition) is 0. The second kappa shape index (κ2) is 6.81. The Morgan fingerprint density at radius 1 is 1.10 bits per heavy atom. The van der Waals surface area contributed by atoms with Crippen molar-refractivity contribution in [1.82, 2.24) is 4.31 Å². The van der Waals surface area contributed by atoms with E-state index in [1.54, 1.807) is 36.4 Å². The Kier molecular flexibility index (Phi) is 5.29. The van der Waals surface area contributed by atoms with E-state index in [-0.39, 0.29) is 11.4 Å². The molecular formula is C14H14BrF2NO2S. The van der Waals surface area contributed by atoms with Gasteiger partial charge in [-0.15, -0.1) is 0 Å². The number of rotatable bonds is 6. The topological polar surface area (TPSA) is 37.4 Å². The molecular weight excluding hydrogens is 364 g/mol. The Hall–Kier alpha value is -1.05. The van der Waals surface area contributed by atoms with Gasteiger partial charge in [0.05, 0.1) is 11.4 Å². The van der Waals surface area contributed by atoms with Crippen molar-refractivity contribution >= 4 is 36.7 Å². The van der Waals surface area contributed by atoms with Gasteiger partial charge in [-0.05, 0) is 11.5 Å². The molecule has 0 spiro atoms. The maximum atomic E-state index is 12.6. The minimum atomic E-state index is -3.96. The molecule has 0 N–H and O–H groups in total. The number of halogens is 3. The Labute approximate surface area is 130 Å². The monoisotopic (exact) mass is 377 g/mol. The van der Waals surface area contributed by atoms with Gasteiger partial charge in [-0.1, -0.05) is 52.3 Å². The molecule has 0 aliphatic heterocycles. The van der Waals surface area contributed by atoms with Crippen LogP contribution in [0.25, 0.3) is 10.8 Å². The summed E-state index contributed by atoms with van der Waals surface area (Å²) in [6.07, 6.45) is -2.71. The van der Waals surface area contributed by atoms with Crippen LogP contribution in [0.2, 0.25) is 0 Å². The van der Waals surface area contributed by atoms with Gasteiger partial charge in [0, 0.05) is 17.3 Å². The standard InChI is InChI=1S/C14H14BrF2NO2S/c15-8-9-18(10-14(16)17)21(19,20)13-7-3-5-11-4-1-2-6-12(11)13/h1-7,14H,8-10H2. The molecule has 3 nitrogen and oxygen atoms in total. The molecule has 0 saturated heterocycles. The lowest BCUT2D eigenvalue weighted by Gasteiger charge is -2.21. The summed E-state index contributed by atoms with van der Waals surface area (Å²) in [6, 6.07) is 11.8. The summed E-state index contributed by atoms with van der Waals surface area (Å²) in [6.45, 7) is -0.812. The van der Waals surface area contributed by atoms with Gasteiger partial charge in [0.25, 0.3) is 6.43 Å². The predicted octanol–water partition coefficient (Wildman–Crippen LogP) is 3.49. The van der Waals surface area contributed by atoms with Crippen LogP contribution < -0.4 is 0 Å². The average molecular weight is 378 g/mol. The average Bonchev–Trinajstić information content (AvgIpc) is 2.45. The zero-order chi connectivity index (χ0) is 15.5. The van der Waals surface area contributed by atoms with Crippen molar-refractivity contribution in [2.75, 3.05) is 18.4 Å². The van der Waals surface area contributed by atoms with Crippen molar-refractivity contribution in [3.63, 3.8) is 0 Å². The van der Waals surface area contributed by atoms with Crippen molar-refractivity contribution in [1.29, 1.82) is 0 Å². The van der Waals surface area contributed by atoms with Gasteiger partial charge in [-0.3, -0.25) is 0 Å². The highest BCUT2D eigenvalue weighted by Crippen LogP contribution is 2.26. The molecule has 0 bridgehead atoms. The van der Waals surface area contributed by atoms with E-state index in [0.717, 1.165) is 9.69 Å². The maximum absolute atomic E-state index is 12.6. The normalized spacial score (nSPS) is 12.4. The van der Waals surface area contributed by atoms with Gasteiger partial charge in [0.15, 0.2) is 0 Å². The molecule has 0 aromatic heterocycles. The highest BCUT2D eigenvalue weighted by Gasteiger charge is 2.28. The zero-order valence-electron chi connectivity index (χ0n) is 11.0. The predicted molar refractivity (Wildman–Crippen MR) is 82.5 cm³/mol. The minimum absolute atomic E-state index is 0.00407. The molecule has 0 fully saturated rings. The number of fused-ring (bicyclic) bond motifs is 1. The van der Waals surface area contributed by atoms with Gasteiger partial charge in [-0.25, -0.2) is 17.2 Å². The lowest BCUT2D eigenvalue weighted by Crippen LogP contribution is -2.36. The first-order chi connectivity index (χ1) is 9.96. The molecule has 21 heavy (non-hydrogen) atoms. The van der Waals surface area contributed by atoms with Gasteiger partial charge >= 0.3 is 0 Å². The summed E-state index contributed by atoms with van der Waals surface area (Å²) in [5.41, 5.74) is 0. The first-order valence-corrected chi connectivity index (χ1v) is 8.85. The summed E-state index contributed by atoms with van der Waals surface area (Å²) in [7, 11) is -3.96. The van der Waals surface area contributed by atoms with Crippen molar-refractivity contribution in [2.24, 2.45) is 0 Å². The third kappa shape index (κ3) is 3.59. The van der Waals surface area contributed by atoms with Gasteiger partial charge < -0.3 is 0 Å². The van der Waals surface area contributed by atoms with E-state index in [9.17, 15) is 17.2 Å². The SMILES string of the molecule is O=S(=O)(c1cccc2ccccc12)N(CCBr)CC(F)F. The van der Waals surface area contributed by atoms with Crippen LogP contribution in [-0.2, 0) is 10.0 Å². The smallest absolute Gasteiger partial charge is 0.209 e. The lowest BCUT2D eigenvalue weighted by atomic mass is 10.1. The molecule has 2 aromatic rings. The van der Waals surface area contributed by atoms with E-state index in [2.05, 4.69) is 15.9 Å². The van der Waals surface area contributed by atoms with Crippen LogP contribution >= 0.6 is 15.9 Å². The van der Waals surface area contributed by atoms with E-state index in [0.29, 0.717) is 10.7 Å². The van der Waals surface area contributed by atoms with Crippen LogP contribution in [0.3, 0.4) is 0 Å². The number of nitrogens with zero attached hydrogens (tertiary/aromatic N) is 1. The molecule has 0 amide bonds. The third-order valence-electron chi connectivity index (χ3n) is 3.04. The van der Waals surface area contributed by atoms with Crippen LogP contribution in [0.1, 0.15) is 0 Å². The number of alkyl halides is 3. The number of hydrogen-bond acceptors (Lipinski definition) is 2. The first kappa shape index (κ1) is 16.3. The quantitative estimate of drug-likeness (QED) is 0.722. The second-order valence-electron chi connectivity index (χ2n) is 4.42. The van der Waals surface area contributed by atoms with E-state index in [4.69, 9.17) is 0 Å². The van der Waals surface area contributed by atoms with E-state index in [1.807, 2.05) is 0 Å². The summed E-state index contributed by atoms with van der Waals surface area (Å²) < 4.78 is 51.4. The molecule has 0 saturated carbocycles. The van der Waals surface area contributed by atoms with Gasteiger partial charge in [-0.2, -0.15) is 4.31 Å². The Balaban J connectivity index is 2.54. The molecule has 0 heterocycles. The molecule has 2 aromatic carbocycles. The highest BCUT2D eigenvalue weighted by molar-refractivity contribution is 9.09. The Morgan fingerprint density at radius 2 is 1.76 bits per heavy atom. The highest BCUT2D eigenvalue weighted by atomic mass is 79.9. The molecule has 0 radical (unpaired) electrons. The van der Waals surface area contributed by atoms with Gasteiger partial charge in [0.2, 0.25) is 10.0 Å². The zero-order valence-corrected chi connectivity index (χ0v) is 13.4.